The van der Waals surface area contributed by atoms with Gasteiger partial charge in [0.15, 0.2) is 0 Å². The molecule has 1 atom stereocenters. The summed E-state index contributed by atoms with van der Waals surface area (Å²) in [7, 11) is 0. The number of benzene rings is 1. The number of nitrogens with one attached hydrogen (secondary N) is 1. The quantitative estimate of drug-likeness (QED) is 0.736. The highest BCUT2D eigenvalue weighted by Gasteiger charge is 2.29. The number of H-pyrrole nitrogens is 1. The first-order chi connectivity index (χ1) is 13.6. The van der Waals surface area contributed by atoms with Gasteiger partial charge < -0.3 is 4.90 Å². The summed E-state index contributed by atoms with van der Waals surface area (Å²) in [6.07, 6.45) is 6.56. The van der Waals surface area contributed by atoms with Gasteiger partial charge in [0.2, 0.25) is 5.91 Å². The monoisotopic (exact) mass is 382 g/mol. The van der Waals surface area contributed by atoms with Crippen LogP contribution >= 0.6 is 0 Å². The zero-order valence-corrected chi connectivity index (χ0v) is 15.8. The molecule has 1 N–H and O–H groups in total. The average Bonchev–Trinajstić information content (AvgIpc) is 3.39. The van der Waals surface area contributed by atoms with Crippen molar-refractivity contribution in [2.45, 2.75) is 32.2 Å². The maximum absolute atomic E-state index is 13.6. The van der Waals surface area contributed by atoms with Crippen molar-refractivity contribution in [2.24, 2.45) is 5.92 Å². The fourth-order valence-corrected chi connectivity index (χ4v) is 3.88. The number of rotatable bonds is 5. The molecule has 0 saturated carbocycles. The van der Waals surface area contributed by atoms with Crippen LogP contribution < -0.4 is 0 Å². The van der Waals surface area contributed by atoms with Crippen LogP contribution in [0.15, 0.2) is 43.1 Å². The molecule has 3 heterocycles. The smallest absolute Gasteiger partial charge is 0.227 e. The summed E-state index contributed by atoms with van der Waals surface area (Å²) in [4.78, 5) is 18.6. The lowest BCUT2D eigenvalue weighted by molar-refractivity contribution is -0.136. The van der Waals surface area contributed by atoms with Gasteiger partial charge >= 0.3 is 0 Å². The van der Waals surface area contributed by atoms with Gasteiger partial charge in [0.1, 0.15) is 18.5 Å². The first kappa shape index (κ1) is 18.3. The predicted octanol–water partition coefficient (Wildman–Crippen LogP) is 2.85. The number of carbonyl (C=O) groups is 1. The Morgan fingerprint density at radius 2 is 2.18 bits per heavy atom. The fourth-order valence-electron chi connectivity index (χ4n) is 3.88. The molecule has 7 nitrogen and oxygen atoms in total. The molecule has 2 aromatic heterocycles. The number of hydrogen-bond donors (Lipinski definition) is 1. The lowest BCUT2D eigenvalue weighted by atomic mass is 9.89. The second-order valence-electron chi connectivity index (χ2n) is 7.33. The van der Waals surface area contributed by atoms with Crippen molar-refractivity contribution >= 4 is 5.91 Å². The van der Waals surface area contributed by atoms with Crippen LogP contribution in [0.25, 0.3) is 11.1 Å². The molecule has 1 aliphatic heterocycles. The van der Waals surface area contributed by atoms with Gasteiger partial charge in [-0.3, -0.25) is 14.6 Å². The normalized spacial score (nSPS) is 16.3. The standard InChI is InChI=1S/C20H23FN6O/c1-14(11-27-13-22-12-24-27)20(28)26-7-5-15(6-8-26)19-18(10-23-25-19)16-3-2-4-17(21)9-16/h2-4,9-10,12-15H,5-8,11H2,1H3,(H,23,25)/t14-/m1/s1. The molecule has 0 spiro atoms. The lowest BCUT2D eigenvalue weighted by Gasteiger charge is -2.33. The van der Waals surface area contributed by atoms with Gasteiger partial charge in [-0.15, -0.1) is 0 Å². The van der Waals surface area contributed by atoms with Gasteiger partial charge in [-0.1, -0.05) is 19.1 Å². The molecule has 4 rings (SSSR count). The lowest BCUT2D eigenvalue weighted by Crippen LogP contribution is -2.41. The van der Waals surface area contributed by atoms with Crippen LogP contribution in [0, 0.1) is 11.7 Å². The van der Waals surface area contributed by atoms with Crippen molar-refractivity contribution in [3.8, 4) is 11.1 Å². The molecule has 146 valence electrons. The number of aromatic amines is 1. The molecule has 0 bridgehead atoms. The van der Waals surface area contributed by atoms with Crippen molar-refractivity contribution in [3.63, 3.8) is 0 Å². The molecule has 3 aromatic rings. The number of halogens is 1. The van der Waals surface area contributed by atoms with E-state index in [-0.39, 0.29) is 23.6 Å². The SMILES string of the molecule is C[C@H](Cn1cncn1)C(=O)N1CCC(c2[nH]ncc2-c2cccc(F)c2)CC1. The zero-order chi connectivity index (χ0) is 19.5. The Labute approximate surface area is 162 Å². The number of piperidine rings is 1. The van der Waals surface area contributed by atoms with Crippen LogP contribution in [0.2, 0.25) is 0 Å². The molecule has 1 fully saturated rings. The van der Waals surface area contributed by atoms with E-state index in [0.29, 0.717) is 19.6 Å². The molecule has 1 aliphatic rings. The summed E-state index contributed by atoms with van der Waals surface area (Å²) in [6.45, 7) is 3.86. The summed E-state index contributed by atoms with van der Waals surface area (Å²) in [5.41, 5.74) is 2.78. The van der Waals surface area contributed by atoms with Gasteiger partial charge in [0.05, 0.1) is 18.7 Å². The van der Waals surface area contributed by atoms with Crippen molar-refractivity contribution < 1.29 is 9.18 Å². The second kappa shape index (κ2) is 7.92. The predicted molar refractivity (Wildman–Crippen MR) is 102 cm³/mol. The molecule has 8 heteroatoms. The number of amides is 1. The Kier molecular flexibility index (Phi) is 5.18. The third kappa shape index (κ3) is 3.81. The Morgan fingerprint density at radius 3 is 2.89 bits per heavy atom. The highest BCUT2D eigenvalue weighted by Crippen LogP contribution is 2.34. The summed E-state index contributed by atoms with van der Waals surface area (Å²) >= 11 is 0. The van der Waals surface area contributed by atoms with Crippen LogP contribution in [0.3, 0.4) is 0 Å². The number of carbonyl (C=O) groups excluding carboxylic acids is 1. The molecule has 1 aromatic carbocycles. The number of hydrogen-bond acceptors (Lipinski definition) is 4. The van der Waals surface area contributed by atoms with Crippen LogP contribution in [-0.2, 0) is 11.3 Å². The summed E-state index contributed by atoms with van der Waals surface area (Å²) in [6, 6.07) is 6.56. The van der Waals surface area contributed by atoms with Gasteiger partial charge in [0, 0.05) is 30.3 Å². The van der Waals surface area contributed by atoms with Crippen molar-refractivity contribution in [3.05, 3.63) is 54.6 Å². The Bertz CT molecular complexity index is 930. The van der Waals surface area contributed by atoms with Crippen molar-refractivity contribution in [2.75, 3.05) is 13.1 Å². The van der Waals surface area contributed by atoms with Crippen LogP contribution in [0.5, 0.6) is 0 Å². The Morgan fingerprint density at radius 1 is 1.36 bits per heavy atom. The van der Waals surface area contributed by atoms with Gasteiger partial charge in [-0.25, -0.2) is 9.37 Å². The van der Waals surface area contributed by atoms with E-state index in [2.05, 4.69) is 20.3 Å². The van der Waals surface area contributed by atoms with Gasteiger partial charge in [-0.2, -0.15) is 10.2 Å². The highest BCUT2D eigenvalue weighted by atomic mass is 19.1. The van der Waals surface area contributed by atoms with E-state index in [9.17, 15) is 9.18 Å². The minimum absolute atomic E-state index is 0.143. The van der Waals surface area contributed by atoms with E-state index >= 15 is 0 Å². The van der Waals surface area contributed by atoms with E-state index < -0.39 is 0 Å². The van der Waals surface area contributed by atoms with Crippen LogP contribution in [0.1, 0.15) is 31.4 Å². The molecular weight excluding hydrogens is 359 g/mol. The maximum Gasteiger partial charge on any atom is 0.227 e. The molecule has 28 heavy (non-hydrogen) atoms. The van der Waals surface area contributed by atoms with E-state index in [1.165, 1.54) is 18.5 Å². The molecule has 1 saturated heterocycles. The van der Waals surface area contributed by atoms with Gasteiger partial charge in [-0.05, 0) is 30.5 Å². The highest BCUT2D eigenvalue weighted by molar-refractivity contribution is 5.78. The number of aromatic nitrogens is 5. The maximum atomic E-state index is 13.6. The average molecular weight is 382 g/mol. The minimum Gasteiger partial charge on any atom is -0.342 e. The van der Waals surface area contributed by atoms with Crippen LogP contribution in [-0.4, -0.2) is 48.9 Å². The topological polar surface area (TPSA) is 79.7 Å². The van der Waals surface area contributed by atoms with E-state index in [1.807, 2.05) is 17.9 Å². The number of likely N-dealkylation sites (tertiary alicyclic amines) is 1. The summed E-state index contributed by atoms with van der Waals surface area (Å²) < 4.78 is 15.3. The molecule has 0 radical (unpaired) electrons. The largest absolute Gasteiger partial charge is 0.342 e. The van der Waals surface area contributed by atoms with E-state index in [1.54, 1.807) is 23.3 Å². The third-order valence-electron chi connectivity index (χ3n) is 5.37. The molecule has 1 amide bonds. The van der Waals surface area contributed by atoms with Crippen molar-refractivity contribution in [1.82, 2.24) is 29.9 Å². The molecule has 0 unspecified atom stereocenters. The minimum atomic E-state index is -0.258. The Balaban J connectivity index is 1.40. The fraction of sp³-hybridized carbons (Fsp3) is 0.400. The van der Waals surface area contributed by atoms with Gasteiger partial charge in [0.25, 0.3) is 0 Å². The zero-order valence-electron chi connectivity index (χ0n) is 15.8. The number of nitrogens with zero attached hydrogens (tertiary/aromatic N) is 5. The first-order valence-electron chi connectivity index (χ1n) is 9.52. The summed E-state index contributed by atoms with van der Waals surface area (Å²) in [5, 5.41) is 11.4. The van der Waals surface area contributed by atoms with E-state index in [4.69, 9.17) is 0 Å². The summed E-state index contributed by atoms with van der Waals surface area (Å²) in [5.74, 6) is 0.0130. The van der Waals surface area contributed by atoms with Crippen molar-refractivity contribution in [1.29, 1.82) is 0 Å². The Hall–Kier alpha value is -3.03. The molecule has 0 aliphatic carbocycles. The molecular formula is C20H23FN6O. The second-order valence-corrected chi connectivity index (χ2v) is 7.33. The first-order valence-corrected chi connectivity index (χ1v) is 9.52. The van der Waals surface area contributed by atoms with E-state index in [0.717, 1.165) is 29.7 Å². The van der Waals surface area contributed by atoms with Crippen LogP contribution in [0.4, 0.5) is 4.39 Å². The third-order valence-corrected chi connectivity index (χ3v) is 5.37.